The lowest BCUT2D eigenvalue weighted by molar-refractivity contribution is -0.0475. The number of hydrogen-bond donors (Lipinski definition) is 1. The monoisotopic (exact) mass is 277 g/mol. The zero-order chi connectivity index (χ0) is 13.9. The summed E-state index contributed by atoms with van der Waals surface area (Å²) in [5.41, 5.74) is 6.91. The Labute approximate surface area is 118 Å². The van der Waals surface area contributed by atoms with Crippen LogP contribution in [0.1, 0.15) is 43.7 Å². The van der Waals surface area contributed by atoms with E-state index in [1.54, 1.807) is 6.07 Å². The molecule has 20 heavy (non-hydrogen) atoms. The predicted molar refractivity (Wildman–Crippen MR) is 73.8 cm³/mol. The molecule has 1 aromatic rings. The Balaban J connectivity index is 1.63. The van der Waals surface area contributed by atoms with Crippen molar-refractivity contribution >= 4 is 0 Å². The van der Waals surface area contributed by atoms with Crippen LogP contribution in [0, 0.1) is 41.2 Å². The lowest BCUT2D eigenvalue weighted by Gasteiger charge is -2.56. The highest BCUT2D eigenvalue weighted by Gasteiger charge is 2.50. The van der Waals surface area contributed by atoms with Crippen molar-refractivity contribution in [3.8, 4) is 0 Å². The Morgan fingerprint density at radius 1 is 0.950 bits per heavy atom. The van der Waals surface area contributed by atoms with Crippen LogP contribution in [0.3, 0.4) is 0 Å². The third kappa shape index (κ3) is 1.90. The van der Waals surface area contributed by atoms with Gasteiger partial charge in [0.15, 0.2) is 0 Å². The largest absolute Gasteiger partial charge is 0.324 e. The Kier molecular flexibility index (Phi) is 2.88. The summed E-state index contributed by atoms with van der Waals surface area (Å²) >= 11 is 0. The van der Waals surface area contributed by atoms with Crippen LogP contribution < -0.4 is 5.73 Å². The van der Waals surface area contributed by atoms with Crippen molar-refractivity contribution in [3.63, 3.8) is 0 Å². The molecule has 4 aliphatic carbocycles. The maximum Gasteiger partial charge on any atom is 0.130 e. The van der Waals surface area contributed by atoms with Gasteiger partial charge in [-0.2, -0.15) is 0 Å². The quantitative estimate of drug-likeness (QED) is 0.867. The molecule has 4 fully saturated rings. The maximum atomic E-state index is 14.0. The molecule has 1 unspecified atom stereocenters. The minimum Gasteiger partial charge on any atom is -0.324 e. The fourth-order valence-corrected chi connectivity index (χ4v) is 5.53. The van der Waals surface area contributed by atoms with Gasteiger partial charge in [0.1, 0.15) is 11.6 Å². The van der Waals surface area contributed by atoms with Crippen LogP contribution in [0.4, 0.5) is 8.78 Å². The van der Waals surface area contributed by atoms with E-state index in [1.165, 1.54) is 38.2 Å². The molecule has 2 N–H and O–H groups in total. The van der Waals surface area contributed by atoms with Gasteiger partial charge in [-0.1, -0.05) is 6.07 Å². The van der Waals surface area contributed by atoms with Crippen LogP contribution in [0.25, 0.3) is 0 Å². The van der Waals surface area contributed by atoms with Gasteiger partial charge in [-0.25, -0.2) is 8.78 Å². The average Bonchev–Trinajstić information content (AvgIpc) is 2.37. The van der Waals surface area contributed by atoms with E-state index in [1.807, 2.05) is 0 Å². The second kappa shape index (κ2) is 4.52. The van der Waals surface area contributed by atoms with Gasteiger partial charge in [0.25, 0.3) is 0 Å². The highest BCUT2D eigenvalue weighted by Crippen LogP contribution is 2.59. The van der Waals surface area contributed by atoms with Crippen molar-refractivity contribution in [1.82, 2.24) is 0 Å². The lowest BCUT2D eigenvalue weighted by atomic mass is 9.50. The van der Waals surface area contributed by atoms with Crippen molar-refractivity contribution in [2.24, 2.45) is 35.3 Å². The summed E-state index contributed by atoms with van der Waals surface area (Å²) in [7, 11) is 0. The predicted octanol–water partition coefficient (Wildman–Crippen LogP) is 4.04. The minimum absolute atomic E-state index is 0.273. The molecule has 108 valence electrons. The van der Waals surface area contributed by atoms with Crippen molar-refractivity contribution in [1.29, 1.82) is 0 Å². The van der Waals surface area contributed by atoms with Crippen LogP contribution in [0.5, 0.6) is 0 Å². The van der Waals surface area contributed by atoms with E-state index in [4.69, 9.17) is 5.73 Å². The first-order valence-electron chi connectivity index (χ1n) is 7.82. The number of halogens is 2. The van der Waals surface area contributed by atoms with E-state index < -0.39 is 11.6 Å². The van der Waals surface area contributed by atoms with E-state index in [9.17, 15) is 8.78 Å². The molecule has 0 aliphatic heterocycles. The molecule has 0 radical (unpaired) electrons. The molecule has 0 amide bonds. The number of rotatable bonds is 2. The van der Waals surface area contributed by atoms with Gasteiger partial charge in [-0.05, 0) is 67.8 Å². The van der Waals surface area contributed by atoms with Gasteiger partial charge in [0, 0.05) is 17.7 Å². The molecule has 4 aliphatic rings. The molecule has 4 saturated carbocycles. The maximum absolute atomic E-state index is 14.0. The second-order valence-corrected chi connectivity index (χ2v) is 7.20. The van der Waals surface area contributed by atoms with Gasteiger partial charge in [-0.3, -0.25) is 0 Å². The Morgan fingerprint density at radius 3 is 2.10 bits per heavy atom. The topological polar surface area (TPSA) is 26.0 Å². The molecule has 1 aromatic carbocycles. The van der Waals surface area contributed by atoms with Crippen molar-refractivity contribution in [2.45, 2.75) is 38.1 Å². The Morgan fingerprint density at radius 2 is 1.55 bits per heavy atom. The minimum atomic E-state index is -0.525. The summed E-state index contributed by atoms with van der Waals surface area (Å²) in [4.78, 5) is 0. The third-order valence-corrected chi connectivity index (χ3v) is 6.04. The van der Waals surface area contributed by atoms with Gasteiger partial charge < -0.3 is 5.73 Å². The van der Waals surface area contributed by atoms with E-state index in [0.717, 1.165) is 17.9 Å². The van der Waals surface area contributed by atoms with Crippen LogP contribution in [0.2, 0.25) is 0 Å². The molecule has 0 spiro atoms. The smallest absolute Gasteiger partial charge is 0.130 e. The molecule has 1 atom stereocenters. The molecular formula is C17H21F2N. The fourth-order valence-electron chi connectivity index (χ4n) is 5.53. The molecule has 1 nitrogen and oxygen atoms in total. The highest BCUT2D eigenvalue weighted by molar-refractivity contribution is 5.23. The lowest BCUT2D eigenvalue weighted by Crippen LogP contribution is -2.48. The summed E-state index contributed by atoms with van der Waals surface area (Å²) < 4.78 is 27.1. The zero-order valence-corrected chi connectivity index (χ0v) is 11.6. The summed E-state index contributed by atoms with van der Waals surface area (Å²) in [6, 6.07) is 3.56. The fraction of sp³-hybridized carbons (Fsp3) is 0.647. The van der Waals surface area contributed by atoms with Crippen LogP contribution in [0.15, 0.2) is 18.2 Å². The van der Waals surface area contributed by atoms with Crippen LogP contribution in [-0.4, -0.2) is 0 Å². The van der Waals surface area contributed by atoms with Crippen molar-refractivity contribution in [2.75, 3.05) is 0 Å². The van der Waals surface area contributed by atoms with Gasteiger partial charge in [0.2, 0.25) is 0 Å². The summed E-state index contributed by atoms with van der Waals surface area (Å²) in [5.74, 6) is 2.48. The summed E-state index contributed by atoms with van der Waals surface area (Å²) in [5, 5.41) is 0. The Bertz CT molecular complexity index is 500. The number of nitrogens with two attached hydrogens (primary N) is 1. The molecule has 5 rings (SSSR count). The molecular weight excluding hydrogens is 256 g/mol. The molecule has 0 aromatic heterocycles. The average molecular weight is 277 g/mol. The van der Waals surface area contributed by atoms with Gasteiger partial charge in [-0.15, -0.1) is 0 Å². The molecule has 0 saturated heterocycles. The van der Waals surface area contributed by atoms with E-state index in [0.29, 0.717) is 23.3 Å². The van der Waals surface area contributed by atoms with Crippen LogP contribution >= 0.6 is 0 Å². The third-order valence-electron chi connectivity index (χ3n) is 6.04. The zero-order valence-electron chi connectivity index (χ0n) is 11.6. The van der Waals surface area contributed by atoms with Gasteiger partial charge >= 0.3 is 0 Å². The molecule has 4 bridgehead atoms. The Hall–Kier alpha value is -0.960. The van der Waals surface area contributed by atoms with E-state index in [2.05, 4.69) is 0 Å². The molecule has 0 heterocycles. The van der Waals surface area contributed by atoms with Crippen LogP contribution in [-0.2, 0) is 0 Å². The van der Waals surface area contributed by atoms with E-state index in [-0.39, 0.29) is 6.04 Å². The van der Waals surface area contributed by atoms with Gasteiger partial charge in [0.05, 0.1) is 0 Å². The van der Waals surface area contributed by atoms with Crippen molar-refractivity contribution < 1.29 is 8.78 Å². The van der Waals surface area contributed by atoms with Crippen molar-refractivity contribution in [3.05, 3.63) is 35.4 Å². The first kappa shape index (κ1) is 12.8. The standard InChI is InChI=1S/C17H21F2N/c18-13-1-2-14(15(19)8-13)17(20)16-11-4-9-3-10(6-11)7-12(16)5-9/h1-2,8-12,16-17H,3-7,20H2. The number of benzene rings is 1. The summed E-state index contributed by atoms with van der Waals surface area (Å²) in [6.07, 6.45) is 6.49. The first-order chi connectivity index (χ1) is 9.61. The first-order valence-corrected chi connectivity index (χ1v) is 7.82. The highest BCUT2D eigenvalue weighted by atomic mass is 19.1. The number of hydrogen-bond acceptors (Lipinski definition) is 1. The molecule has 3 heteroatoms. The SMILES string of the molecule is NC(c1ccc(F)cc1F)C1C2CC3CC(C2)CC1C3. The summed E-state index contributed by atoms with van der Waals surface area (Å²) in [6.45, 7) is 0. The normalized spacial score (nSPS) is 40.0. The second-order valence-electron chi connectivity index (χ2n) is 7.20. The van der Waals surface area contributed by atoms with E-state index >= 15 is 0 Å².